The Labute approximate surface area is 116 Å². The van der Waals surface area contributed by atoms with Gasteiger partial charge in [-0.25, -0.2) is 0 Å². The Hall–Kier alpha value is -1.78. The number of carbonyl (C=O) groups is 1. The van der Waals surface area contributed by atoms with Crippen LogP contribution in [-0.2, 0) is 10.5 Å². The molecule has 4 heteroatoms. The summed E-state index contributed by atoms with van der Waals surface area (Å²) in [5, 5.41) is 8.83. The maximum atomic E-state index is 10.8. The van der Waals surface area contributed by atoms with E-state index in [1.165, 1.54) is 5.56 Å². The fourth-order valence-corrected chi connectivity index (χ4v) is 2.51. The second kappa shape index (κ2) is 6.41. The number of carboxylic acid groups (broad SMARTS) is 1. The molecule has 0 saturated carbocycles. The van der Waals surface area contributed by atoms with Gasteiger partial charge in [0.15, 0.2) is 0 Å². The van der Waals surface area contributed by atoms with E-state index in [1.54, 1.807) is 23.9 Å². The maximum Gasteiger partial charge on any atom is 0.325 e. The van der Waals surface area contributed by atoms with Gasteiger partial charge in [-0.1, -0.05) is 42.5 Å². The van der Waals surface area contributed by atoms with Crippen LogP contribution in [0.15, 0.2) is 59.5 Å². The van der Waals surface area contributed by atoms with Gasteiger partial charge >= 0.3 is 5.97 Å². The van der Waals surface area contributed by atoms with E-state index in [0.29, 0.717) is 5.56 Å². The highest BCUT2D eigenvalue weighted by Gasteiger charge is 2.13. The van der Waals surface area contributed by atoms with Gasteiger partial charge in [-0.2, -0.15) is 0 Å². The molecule has 0 saturated heterocycles. The highest BCUT2D eigenvalue weighted by atomic mass is 32.2. The Bertz CT molecular complexity index is 540. The van der Waals surface area contributed by atoms with Gasteiger partial charge in [0.2, 0.25) is 0 Å². The summed E-state index contributed by atoms with van der Waals surface area (Å²) < 4.78 is 0. The first kappa shape index (κ1) is 13.6. The van der Waals surface area contributed by atoms with E-state index in [0.717, 1.165) is 10.6 Å². The molecule has 0 spiro atoms. The SMILES string of the molecule is NC(C(=O)O)c1ccc(SCc2ccccc2)cc1. The number of benzene rings is 2. The zero-order valence-electron chi connectivity index (χ0n) is 10.3. The molecule has 3 N–H and O–H groups in total. The number of hydrogen-bond donors (Lipinski definition) is 2. The maximum absolute atomic E-state index is 10.8. The number of aliphatic carboxylic acids is 1. The summed E-state index contributed by atoms with van der Waals surface area (Å²) in [5.74, 6) is -0.116. The van der Waals surface area contributed by atoms with Crippen LogP contribution in [0.4, 0.5) is 0 Å². The van der Waals surface area contributed by atoms with E-state index in [1.807, 2.05) is 30.3 Å². The Kier molecular flexibility index (Phi) is 4.60. The van der Waals surface area contributed by atoms with Crippen LogP contribution in [0.5, 0.6) is 0 Å². The lowest BCUT2D eigenvalue weighted by molar-refractivity contribution is -0.138. The number of carboxylic acids is 1. The molecule has 2 rings (SSSR count). The molecule has 0 fully saturated rings. The summed E-state index contributed by atoms with van der Waals surface area (Å²) >= 11 is 1.71. The predicted molar refractivity (Wildman–Crippen MR) is 77.0 cm³/mol. The van der Waals surface area contributed by atoms with Crippen molar-refractivity contribution in [2.75, 3.05) is 0 Å². The largest absolute Gasteiger partial charge is 0.480 e. The molecule has 0 heterocycles. The number of rotatable bonds is 5. The van der Waals surface area contributed by atoms with Crippen LogP contribution in [0, 0.1) is 0 Å². The first-order valence-corrected chi connectivity index (χ1v) is 6.90. The van der Waals surface area contributed by atoms with Crippen LogP contribution in [-0.4, -0.2) is 11.1 Å². The van der Waals surface area contributed by atoms with Gasteiger partial charge in [-0.3, -0.25) is 4.79 Å². The molecule has 0 aromatic heterocycles. The minimum atomic E-state index is -1.01. The van der Waals surface area contributed by atoms with Crippen LogP contribution < -0.4 is 5.73 Å². The normalized spacial score (nSPS) is 12.1. The molecule has 19 heavy (non-hydrogen) atoms. The van der Waals surface area contributed by atoms with E-state index in [9.17, 15) is 4.79 Å². The monoisotopic (exact) mass is 273 g/mol. The summed E-state index contributed by atoms with van der Waals surface area (Å²) in [6, 6.07) is 16.6. The molecule has 0 radical (unpaired) electrons. The summed E-state index contributed by atoms with van der Waals surface area (Å²) in [4.78, 5) is 11.9. The molecule has 0 aliphatic rings. The second-order valence-electron chi connectivity index (χ2n) is 4.16. The molecule has 2 aromatic rings. The first-order chi connectivity index (χ1) is 9.16. The summed E-state index contributed by atoms with van der Waals surface area (Å²) in [6.07, 6.45) is 0. The lowest BCUT2D eigenvalue weighted by Crippen LogP contribution is -2.20. The number of nitrogens with two attached hydrogens (primary N) is 1. The van der Waals surface area contributed by atoms with Crippen molar-refractivity contribution in [1.29, 1.82) is 0 Å². The van der Waals surface area contributed by atoms with E-state index >= 15 is 0 Å². The lowest BCUT2D eigenvalue weighted by atomic mass is 10.1. The Morgan fingerprint density at radius 3 is 2.32 bits per heavy atom. The minimum absolute atomic E-state index is 0.622. The molecular weight excluding hydrogens is 258 g/mol. The molecular formula is C15H15NO2S. The van der Waals surface area contributed by atoms with Crippen molar-refractivity contribution in [3.05, 3.63) is 65.7 Å². The van der Waals surface area contributed by atoms with E-state index in [4.69, 9.17) is 10.8 Å². The summed E-state index contributed by atoms with van der Waals surface area (Å²) in [6.45, 7) is 0. The van der Waals surface area contributed by atoms with Crippen molar-refractivity contribution in [2.45, 2.75) is 16.7 Å². The quantitative estimate of drug-likeness (QED) is 0.822. The van der Waals surface area contributed by atoms with Gasteiger partial charge in [-0.05, 0) is 23.3 Å². The van der Waals surface area contributed by atoms with Gasteiger partial charge < -0.3 is 10.8 Å². The summed E-state index contributed by atoms with van der Waals surface area (Å²) in [5.41, 5.74) is 7.43. The van der Waals surface area contributed by atoms with E-state index < -0.39 is 12.0 Å². The number of hydrogen-bond acceptors (Lipinski definition) is 3. The van der Waals surface area contributed by atoms with E-state index in [2.05, 4.69) is 12.1 Å². The zero-order valence-corrected chi connectivity index (χ0v) is 11.1. The van der Waals surface area contributed by atoms with Gasteiger partial charge in [0.1, 0.15) is 6.04 Å². The van der Waals surface area contributed by atoms with Gasteiger partial charge in [0.05, 0.1) is 0 Å². The van der Waals surface area contributed by atoms with Crippen LogP contribution in [0.25, 0.3) is 0 Å². The van der Waals surface area contributed by atoms with Crippen molar-refractivity contribution < 1.29 is 9.90 Å². The smallest absolute Gasteiger partial charge is 0.325 e. The lowest BCUT2D eigenvalue weighted by Gasteiger charge is -2.07. The number of thioether (sulfide) groups is 1. The Morgan fingerprint density at radius 2 is 1.74 bits per heavy atom. The molecule has 0 amide bonds. The molecule has 2 aromatic carbocycles. The average molecular weight is 273 g/mol. The minimum Gasteiger partial charge on any atom is -0.480 e. The van der Waals surface area contributed by atoms with Crippen molar-refractivity contribution in [3.63, 3.8) is 0 Å². The predicted octanol–water partition coefficient (Wildman–Crippen LogP) is 3.06. The topological polar surface area (TPSA) is 63.3 Å². The zero-order chi connectivity index (χ0) is 13.7. The third-order valence-corrected chi connectivity index (χ3v) is 3.84. The van der Waals surface area contributed by atoms with Gasteiger partial charge in [0, 0.05) is 10.6 Å². The molecule has 3 nitrogen and oxygen atoms in total. The Morgan fingerprint density at radius 1 is 1.11 bits per heavy atom. The van der Waals surface area contributed by atoms with Gasteiger partial charge in [0.25, 0.3) is 0 Å². The third kappa shape index (κ3) is 3.84. The van der Waals surface area contributed by atoms with Crippen LogP contribution in [0.1, 0.15) is 17.2 Å². The summed E-state index contributed by atoms with van der Waals surface area (Å²) in [7, 11) is 0. The molecule has 0 aliphatic carbocycles. The van der Waals surface area contributed by atoms with Crippen molar-refractivity contribution in [2.24, 2.45) is 5.73 Å². The second-order valence-corrected chi connectivity index (χ2v) is 5.21. The van der Waals surface area contributed by atoms with Gasteiger partial charge in [-0.15, -0.1) is 11.8 Å². The fourth-order valence-electron chi connectivity index (χ4n) is 1.65. The van der Waals surface area contributed by atoms with Crippen molar-refractivity contribution in [3.8, 4) is 0 Å². The van der Waals surface area contributed by atoms with E-state index in [-0.39, 0.29) is 0 Å². The molecule has 98 valence electrons. The molecule has 1 unspecified atom stereocenters. The first-order valence-electron chi connectivity index (χ1n) is 5.92. The van der Waals surface area contributed by atoms with Crippen LogP contribution >= 0.6 is 11.8 Å². The standard InChI is InChI=1S/C15H15NO2S/c16-14(15(17)18)12-6-8-13(9-7-12)19-10-11-4-2-1-3-5-11/h1-9,14H,10,16H2,(H,17,18). The molecule has 1 atom stereocenters. The highest BCUT2D eigenvalue weighted by molar-refractivity contribution is 7.98. The van der Waals surface area contributed by atoms with Crippen molar-refractivity contribution in [1.82, 2.24) is 0 Å². The average Bonchev–Trinajstić information content (AvgIpc) is 2.46. The van der Waals surface area contributed by atoms with Crippen LogP contribution in [0.3, 0.4) is 0 Å². The Balaban J connectivity index is 1.97. The highest BCUT2D eigenvalue weighted by Crippen LogP contribution is 2.24. The van der Waals surface area contributed by atoms with Crippen LogP contribution in [0.2, 0.25) is 0 Å². The molecule has 0 bridgehead atoms. The third-order valence-electron chi connectivity index (χ3n) is 2.75. The van der Waals surface area contributed by atoms with Crippen molar-refractivity contribution >= 4 is 17.7 Å². The molecule has 0 aliphatic heterocycles. The fraction of sp³-hybridized carbons (Fsp3) is 0.133.